The molecule has 0 unspecified atom stereocenters. The summed E-state index contributed by atoms with van der Waals surface area (Å²) in [6.07, 6.45) is 1.35. The lowest BCUT2D eigenvalue weighted by Gasteiger charge is -2.35. The average Bonchev–Trinajstić information content (AvgIpc) is 2.40. The maximum atomic E-state index is 12.8. The van der Waals surface area contributed by atoms with Crippen molar-refractivity contribution in [3.63, 3.8) is 0 Å². The lowest BCUT2D eigenvalue weighted by Crippen LogP contribution is -2.50. The second-order valence-corrected chi connectivity index (χ2v) is 5.58. The van der Waals surface area contributed by atoms with Crippen LogP contribution in [0.2, 0.25) is 0 Å². The van der Waals surface area contributed by atoms with Crippen LogP contribution < -0.4 is 5.73 Å². The van der Waals surface area contributed by atoms with Gasteiger partial charge >= 0.3 is 5.97 Å². The minimum Gasteiger partial charge on any atom is -0.465 e. The molecule has 0 saturated heterocycles. The lowest BCUT2D eigenvalue weighted by molar-refractivity contribution is -0.153. The summed E-state index contributed by atoms with van der Waals surface area (Å²) in [6.45, 7) is 10.9. The summed E-state index contributed by atoms with van der Waals surface area (Å²) in [4.78, 5) is 26.1. The number of ether oxygens (including phenoxy) is 1. The van der Waals surface area contributed by atoms with Crippen molar-refractivity contribution in [2.75, 3.05) is 26.2 Å². The van der Waals surface area contributed by atoms with Gasteiger partial charge in [0.25, 0.3) is 0 Å². The van der Waals surface area contributed by atoms with Gasteiger partial charge in [0.2, 0.25) is 5.91 Å². The Bertz CT molecular complexity index is 304. The standard InChI is InChI=1S/C15H30N2O3/c1-6-15(7-2,11-16)14(19)17(9-12(4)5)10-13(18)20-8-3/h12H,6-11,16H2,1-5H3. The molecule has 1 amide bonds. The molecule has 0 aliphatic rings. The van der Waals surface area contributed by atoms with Crippen molar-refractivity contribution in [2.45, 2.75) is 47.5 Å². The minimum atomic E-state index is -0.568. The van der Waals surface area contributed by atoms with Crippen LogP contribution in [-0.4, -0.2) is 43.0 Å². The number of nitrogens with zero attached hydrogens (tertiary/aromatic N) is 1. The van der Waals surface area contributed by atoms with Crippen molar-refractivity contribution in [3.05, 3.63) is 0 Å². The number of amides is 1. The number of hydrogen-bond donors (Lipinski definition) is 1. The van der Waals surface area contributed by atoms with Crippen LogP contribution in [0.15, 0.2) is 0 Å². The zero-order chi connectivity index (χ0) is 15.8. The summed E-state index contributed by atoms with van der Waals surface area (Å²) in [6, 6.07) is 0. The highest BCUT2D eigenvalue weighted by Gasteiger charge is 2.37. The molecule has 118 valence electrons. The summed E-state index contributed by atoms with van der Waals surface area (Å²) in [5.41, 5.74) is 5.26. The van der Waals surface area contributed by atoms with E-state index in [9.17, 15) is 9.59 Å². The number of hydrogen-bond acceptors (Lipinski definition) is 4. The summed E-state index contributed by atoms with van der Waals surface area (Å²) in [5.74, 6) is -0.107. The van der Waals surface area contributed by atoms with E-state index < -0.39 is 5.41 Å². The van der Waals surface area contributed by atoms with Gasteiger partial charge in [0, 0.05) is 13.1 Å². The Morgan fingerprint density at radius 2 is 1.75 bits per heavy atom. The molecule has 0 rings (SSSR count). The van der Waals surface area contributed by atoms with Crippen LogP contribution >= 0.6 is 0 Å². The Kier molecular flexibility index (Phi) is 8.46. The van der Waals surface area contributed by atoms with Gasteiger partial charge in [-0.1, -0.05) is 27.7 Å². The van der Waals surface area contributed by atoms with Gasteiger partial charge in [0.1, 0.15) is 6.54 Å². The van der Waals surface area contributed by atoms with Gasteiger partial charge in [-0.2, -0.15) is 0 Å². The second kappa shape index (κ2) is 8.95. The van der Waals surface area contributed by atoms with Crippen LogP contribution in [0.25, 0.3) is 0 Å². The zero-order valence-electron chi connectivity index (χ0n) is 13.6. The van der Waals surface area contributed by atoms with Crippen LogP contribution in [-0.2, 0) is 14.3 Å². The molecular weight excluding hydrogens is 256 g/mol. The molecule has 2 N–H and O–H groups in total. The average molecular weight is 286 g/mol. The van der Waals surface area contributed by atoms with E-state index in [0.29, 0.717) is 32.5 Å². The fourth-order valence-electron chi connectivity index (χ4n) is 2.29. The van der Waals surface area contributed by atoms with E-state index >= 15 is 0 Å². The second-order valence-electron chi connectivity index (χ2n) is 5.58. The highest BCUT2D eigenvalue weighted by Crippen LogP contribution is 2.28. The van der Waals surface area contributed by atoms with Gasteiger partial charge in [-0.3, -0.25) is 9.59 Å². The molecule has 0 aliphatic carbocycles. The predicted octanol–water partition coefficient (Wildman–Crippen LogP) is 1.80. The number of rotatable bonds is 9. The van der Waals surface area contributed by atoms with Gasteiger partial charge in [-0.05, 0) is 25.7 Å². The number of carbonyl (C=O) groups excluding carboxylic acids is 2. The Hall–Kier alpha value is -1.10. The first-order chi connectivity index (χ1) is 9.36. The summed E-state index contributed by atoms with van der Waals surface area (Å²) < 4.78 is 4.95. The summed E-state index contributed by atoms with van der Waals surface area (Å²) in [5, 5.41) is 0. The third kappa shape index (κ3) is 5.12. The third-order valence-corrected chi connectivity index (χ3v) is 3.70. The third-order valence-electron chi connectivity index (χ3n) is 3.70. The van der Waals surface area contributed by atoms with Crippen LogP contribution in [0, 0.1) is 11.3 Å². The van der Waals surface area contributed by atoms with Crippen molar-refractivity contribution in [3.8, 4) is 0 Å². The quantitative estimate of drug-likeness (QED) is 0.656. The molecule has 5 heteroatoms. The Labute approximate surface area is 122 Å². The van der Waals surface area contributed by atoms with E-state index in [1.807, 2.05) is 27.7 Å². The molecule has 0 aliphatic heterocycles. The van der Waals surface area contributed by atoms with Gasteiger partial charge in [-0.15, -0.1) is 0 Å². The first-order valence-electron chi connectivity index (χ1n) is 7.51. The van der Waals surface area contributed by atoms with E-state index in [0.717, 1.165) is 0 Å². The van der Waals surface area contributed by atoms with E-state index in [-0.39, 0.29) is 24.3 Å². The first kappa shape index (κ1) is 18.9. The minimum absolute atomic E-state index is 0.00655. The van der Waals surface area contributed by atoms with Crippen molar-refractivity contribution >= 4 is 11.9 Å². The fraction of sp³-hybridized carbons (Fsp3) is 0.867. The molecule has 0 spiro atoms. The van der Waals surface area contributed by atoms with Crippen LogP contribution in [0.3, 0.4) is 0 Å². The highest BCUT2D eigenvalue weighted by atomic mass is 16.5. The maximum absolute atomic E-state index is 12.8. The summed E-state index contributed by atoms with van der Waals surface area (Å²) >= 11 is 0. The van der Waals surface area contributed by atoms with E-state index in [2.05, 4.69) is 0 Å². The number of carbonyl (C=O) groups is 2. The Morgan fingerprint density at radius 1 is 1.20 bits per heavy atom. The van der Waals surface area contributed by atoms with Crippen molar-refractivity contribution in [1.82, 2.24) is 4.90 Å². The molecule has 0 aromatic carbocycles. The van der Waals surface area contributed by atoms with Crippen molar-refractivity contribution in [1.29, 1.82) is 0 Å². The molecule has 0 fully saturated rings. The Balaban J connectivity index is 5.09. The zero-order valence-corrected chi connectivity index (χ0v) is 13.6. The SMILES string of the molecule is CCOC(=O)CN(CC(C)C)C(=O)C(CC)(CC)CN. The molecule has 5 nitrogen and oxygen atoms in total. The smallest absolute Gasteiger partial charge is 0.325 e. The number of esters is 1. The fourth-order valence-corrected chi connectivity index (χ4v) is 2.29. The van der Waals surface area contributed by atoms with Crippen molar-refractivity contribution < 1.29 is 14.3 Å². The maximum Gasteiger partial charge on any atom is 0.325 e. The van der Waals surface area contributed by atoms with Gasteiger partial charge in [0.15, 0.2) is 0 Å². The molecule has 0 aromatic rings. The number of nitrogens with two attached hydrogens (primary N) is 1. The van der Waals surface area contributed by atoms with E-state index in [1.165, 1.54) is 0 Å². The topological polar surface area (TPSA) is 72.6 Å². The van der Waals surface area contributed by atoms with Crippen LogP contribution in [0.1, 0.15) is 47.5 Å². The molecule has 0 heterocycles. The lowest BCUT2D eigenvalue weighted by atomic mass is 9.80. The van der Waals surface area contributed by atoms with Gasteiger partial charge in [-0.25, -0.2) is 0 Å². The molecule has 20 heavy (non-hydrogen) atoms. The van der Waals surface area contributed by atoms with Gasteiger partial charge < -0.3 is 15.4 Å². The summed E-state index contributed by atoms with van der Waals surface area (Å²) in [7, 11) is 0. The molecular formula is C15H30N2O3. The molecule has 0 radical (unpaired) electrons. The van der Waals surface area contributed by atoms with E-state index in [1.54, 1.807) is 11.8 Å². The largest absolute Gasteiger partial charge is 0.465 e. The molecule has 0 bridgehead atoms. The molecule has 0 aromatic heterocycles. The normalized spacial score (nSPS) is 11.6. The van der Waals surface area contributed by atoms with Gasteiger partial charge in [0.05, 0.1) is 12.0 Å². The predicted molar refractivity (Wildman–Crippen MR) is 80.1 cm³/mol. The first-order valence-corrected chi connectivity index (χ1v) is 7.51. The molecule has 0 saturated carbocycles. The molecule has 0 atom stereocenters. The van der Waals surface area contributed by atoms with E-state index in [4.69, 9.17) is 10.5 Å². The monoisotopic (exact) mass is 286 g/mol. The highest BCUT2D eigenvalue weighted by molar-refractivity contribution is 5.86. The van der Waals surface area contributed by atoms with Crippen molar-refractivity contribution in [2.24, 2.45) is 17.1 Å². The van der Waals surface area contributed by atoms with Crippen LogP contribution in [0.4, 0.5) is 0 Å². The Morgan fingerprint density at radius 3 is 2.10 bits per heavy atom. The van der Waals surface area contributed by atoms with Crippen LogP contribution in [0.5, 0.6) is 0 Å².